The second-order valence-corrected chi connectivity index (χ2v) is 6.17. The van der Waals surface area contributed by atoms with Crippen LogP contribution in [0.15, 0.2) is 12.3 Å². The summed E-state index contributed by atoms with van der Waals surface area (Å²) in [5, 5.41) is 0. The lowest BCUT2D eigenvalue weighted by Gasteiger charge is -2.20. The maximum atomic E-state index is 12.5. The summed E-state index contributed by atoms with van der Waals surface area (Å²) in [6.45, 7) is 8.60. The summed E-state index contributed by atoms with van der Waals surface area (Å²) < 4.78 is 0. The third kappa shape index (κ3) is 4.09. The van der Waals surface area contributed by atoms with Gasteiger partial charge in [-0.25, -0.2) is 0 Å². The van der Waals surface area contributed by atoms with Crippen molar-refractivity contribution in [3.63, 3.8) is 0 Å². The van der Waals surface area contributed by atoms with Gasteiger partial charge in [0.15, 0.2) is 0 Å². The number of carbonyl (C=O) groups is 2. The molecule has 1 aromatic heterocycles. The molecule has 1 fully saturated rings. The van der Waals surface area contributed by atoms with E-state index in [1.807, 2.05) is 22.1 Å². The third-order valence-electron chi connectivity index (χ3n) is 3.85. The minimum Gasteiger partial charge on any atom is -0.357 e. The predicted molar refractivity (Wildman–Crippen MR) is 82.1 cm³/mol. The van der Waals surface area contributed by atoms with Crippen molar-refractivity contribution in [2.45, 2.75) is 33.6 Å². The minimum absolute atomic E-state index is 0.0374. The number of aromatic amines is 1. The van der Waals surface area contributed by atoms with Gasteiger partial charge in [0.1, 0.15) is 5.69 Å². The van der Waals surface area contributed by atoms with Gasteiger partial charge < -0.3 is 14.8 Å². The van der Waals surface area contributed by atoms with Crippen molar-refractivity contribution in [2.24, 2.45) is 5.92 Å². The van der Waals surface area contributed by atoms with Crippen LogP contribution in [0.4, 0.5) is 0 Å². The maximum absolute atomic E-state index is 12.5. The van der Waals surface area contributed by atoms with Gasteiger partial charge in [-0.3, -0.25) is 9.59 Å². The number of nitrogens with zero attached hydrogens (tertiary/aromatic N) is 2. The first-order valence-corrected chi connectivity index (χ1v) is 7.69. The zero-order chi connectivity index (χ0) is 15.4. The Balaban J connectivity index is 1.99. The summed E-state index contributed by atoms with van der Waals surface area (Å²) in [5.41, 5.74) is 1.83. The molecule has 1 N–H and O–H groups in total. The zero-order valence-corrected chi connectivity index (χ0v) is 13.2. The van der Waals surface area contributed by atoms with Crippen molar-refractivity contribution in [1.82, 2.24) is 14.8 Å². The highest BCUT2D eigenvalue weighted by Gasteiger charge is 2.22. The molecule has 0 aromatic carbocycles. The Morgan fingerprint density at radius 3 is 2.52 bits per heavy atom. The number of rotatable bonds is 3. The molecule has 116 valence electrons. The van der Waals surface area contributed by atoms with Gasteiger partial charge in [-0.1, -0.05) is 13.8 Å². The quantitative estimate of drug-likeness (QED) is 0.925. The highest BCUT2D eigenvalue weighted by molar-refractivity contribution is 5.92. The summed E-state index contributed by atoms with van der Waals surface area (Å²) in [5.74, 6) is 0.699. The monoisotopic (exact) mass is 291 g/mol. The summed E-state index contributed by atoms with van der Waals surface area (Å²) in [6.07, 6.45) is 3.74. The molecular weight excluding hydrogens is 266 g/mol. The molecule has 0 saturated carbocycles. The lowest BCUT2D eigenvalue weighted by atomic mass is 10.1. The van der Waals surface area contributed by atoms with E-state index in [1.54, 1.807) is 6.92 Å². The number of amides is 2. The molecule has 1 aliphatic rings. The van der Waals surface area contributed by atoms with Gasteiger partial charge in [-0.15, -0.1) is 0 Å². The van der Waals surface area contributed by atoms with E-state index in [4.69, 9.17) is 0 Å². The Morgan fingerprint density at radius 2 is 1.86 bits per heavy atom. The van der Waals surface area contributed by atoms with Crippen molar-refractivity contribution < 1.29 is 9.59 Å². The molecule has 5 nitrogen and oxygen atoms in total. The van der Waals surface area contributed by atoms with Gasteiger partial charge in [0.25, 0.3) is 5.91 Å². The molecule has 0 atom stereocenters. The van der Waals surface area contributed by atoms with Crippen LogP contribution in [-0.2, 0) is 11.2 Å². The highest BCUT2D eigenvalue weighted by atomic mass is 16.2. The van der Waals surface area contributed by atoms with Crippen molar-refractivity contribution in [2.75, 3.05) is 26.2 Å². The topological polar surface area (TPSA) is 56.4 Å². The Labute approximate surface area is 126 Å². The molecule has 0 radical (unpaired) electrons. The average molecular weight is 291 g/mol. The van der Waals surface area contributed by atoms with Gasteiger partial charge in [-0.05, 0) is 30.4 Å². The number of nitrogens with one attached hydrogen (secondary N) is 1. The smallest absolute Gasteiger partial charge is 0.270 e. The Bertz CT molecular complexity index is 507. The SMILES string of the molecule is CC(=O)N1CCCN(C(=O)c2cc(CC(C)C)c[nH]2)CC1. The van der Waals surface area contributed by atoms with E-state index in [0.717, 1.165) is 19.4 Å². The lowest BCUT2D eigenvalue weighted by Crippen LogP contribution is -2.36. The molecule has 2 rings (SSSR count). The molecule has 0 bridgehead atoms. The highest BCUT2D eigenvalue weighted by Crippen LogP contribution is 2.13. The minimum atomic E-state index is 0.0374. The third-order valence-corrected chi connectivity index (χ3v) is 3.85. The second-order valence-electron chi connectivity index (χ2n) is 6.17. The van der Waals surface area contributed by atoms with E-state index in [9.17, 15) is 9.59 Å². The number of hydrogen-bond acceptors (Lipinski definition) is 2. The number of H-pyrrole nitrogens is 1. The molecule has 0 spiro atoms. The van der Waals surface area contributed by atoms with Gasteiger partial charge >= 0.3 is 0 Å². The van der Waals surface area contributed by atoms with Gasteiger partial charge in [0.05, 0.1) is 0 Å². The normalized spacial score (nSPS) is 16.2. The zero-order valence-electron chi connectivity index (χ0n) is 13.2. The molecule has 5 heteroatoms. The van der Waals surface area contributed by atoms with Crippen LogP contribution in [0.1, 0.15) is 43.2 Å². The Kier molecular flexibility index (Phi) is 5.04. The molecule has 1 saturated heterocycles. The van der Waals surface area contributed by atoms with Gasteiger partial charge in [0.2, 0.25) is 5.91 Å². The van der Waals surface area contributed by atoms with E-state index in [-0.39, 0.29) is 11.8 Å². The Hall–Kier alpha value is -1.78. The average Bonchev–Trinajstić information content (AvgIpc) is 2.73. The molecule has 0 unspecified atom stereocenters. The predicted octanol–water partition coefficient (Wildman–Crippen LogP) is 1.91. The van der Waals surface area contributed by atoms with Crippen LogP contribution >= 0.6 is 0 Å². The molecule has 2 amide bonds. The van der Waals surface area contributed by atoms with E-state index in [1.165, 1.54) is 5.56 Å². The fourth-order valence-electron chi connectivity index (χ4n) is 2.76. The number of carbonyl (C=O) groups excluding carboxylic acids is 2. The van der Waals surface area contributed by atoms with Crippen LogP contribution < -0.4 is 0 Å². The molecule has 1 aromatic rings. The molecule has 2 heterocycles. The van der Waals surface area contributed by atoms with Gasteiger partial charge in [0, 0.05) is 39.3 Å². The first-order chi connectivity index (χ1) is 9.97. The molecule has 21 heavy (non-hydrogen) atoms. The fourth-order valence-corrected chi connectivity index (χ4v) is 2.76. The van der Waals surface area contributed by atoms with Crippen LogP contribution in [-0.4, -0.2) is 52.8 Å². The maximum Gasteiger partial charge on any atom is 0.270 e. The summed E-state index contributed by atoms with van der Waals surface area (Å²) >= 11 is 0. The van der Waals surface area contributed by atoms with E-state index >= 15 is 0 Å². The number of aromatic nitrogens is 1. The van der Waals surface area contributed by atoms with Crippen molar-refractivity contribution in [3.05, 3.63) is 23.5 Å². The summed E-state index contributed by atoms with van der Waals surface area (Å²) in [6, 6.07) is 1.95. The first kappa shape index (κ1) is 15.6. The number of hydrogen-bond donors (Lipinski definition) is 1. The van der Waals surface area contributed by atoms with E-state index < -0.39 is 0 Å². The van der Waals surface area contributed by atoms with E-state index in [0.29, 0.717) is 31.2 Å². The van der Waals surface area contributed by atoms with Crippen LogP contribution in [0.25, 0.3) is 0 Å². The van der Waals surface area contributed by atoms with Gasteiger partial charge in [-0.2, -0.15) is 0 Å². The largest absolute Gasteiger partial charge is 0.357 e. The first-order valence-electron chi connectivity index (χ1n) is 7.69. The molecule has 0 aliphatic carbocycles. The standard InChI is InChI=1S/C16H25N3O2/c1-12(2)9-14-10-15(17-11-14)16(21)19-6-4-5-18(7-8-19)13(3)20/h10-12,17H,4-9H2,1-3H3. The molecule has 1 aliphatic heterocycles. The van der Waals surface area contributed by atoms with Crippen LogP contribution in [0.5, 0.6) is 0 Å². The van der Waals surface area contributed by atoms with Crippen LogP contribution in [0, 0.1) is 5.92 Å². The van der Waals surface area contributed by atoms with Crippen LogP contribution in [0.2, 0.25) is 0 Å². The molecular formula is C16H25N3O2. The van der Waals surface area contributed by atoms with E-state index in [2.05, 4.69) is 18.8 Å². The Morgan fingerprint density at radius 1 is 1.19 bits per heavy atom. The summed E-state index contributed by atoms with van der Waals surface area (Å²) in [7, 11) is 0. The van der Waals surface area contributed by atoms with Crippen molar-refractivity contribution in [3.8, 4) is 0 Å². The second kappa shape index (κ2) is 6.78. The van der Waals surface area contributed by atoms with Crippen molar-refractivity contribution in [1.29, 1.82) is 0 Å². The van der Waals surface area contributed by atoms with Crippen molar-refractivity contribution >= 4 is 11.8 Å². The lowest BCUT2D eigenvalue weighted by molar-refractivity contribution is -0.128. The summed E-state index contributed by atoms with van der Waals surface area (Å²) in [4.78, 5) is 30.7. The van der Waals surface area contributed by atoms with Crippen LogP contribution in [0.3, 0.4) is 0 Å². The fraction of sp³-hybridized carbons (Fsp3) is 0.625.